The minimum absolute atomic E-state index is 0.0380. The van der Waals surface area contributed by atoms with Gasteiger partial charge in [-0.25, -0.2) is 15.8 Å². The van der Waals surface area contributed by atoms with Gasteiger partial charge < -0.3 is 15.4 Å². The van der Waals surface area contributed by atoms with Crippen LogP contribution in [0.3, 0.4) is 0 Å². The topological polar surface area (TPSA) is 140 Å². The number of amidine groups is 1. The monoisotopic (exact) mass is 394 g/mol. The summed E-state index contributed by atoms with van der Waals surface area (Å²) in [5, 5.41) is 16.3. The first-order valence-corrected chi connectivity index (χ1v) is 9.09. The molecule has 1 heterocycles. The molecule has 2 rings (SSSR count). The molecule has 0 aliphatic carbocycles. The van der Waals surface area contributed by atoms with Gasteiger partial charge in [0, 0.05) is 30.3 Å². The summed E-state index contributed by atoms with van der Waals surface area (Å²) in [7, 11) is 0. The molecule has 4 N–H and O–H groups in total. The molecule has 1 aliphatic heterocycles. The predicted octanol–water partition coefficient (Wildman–Crippen LogP) is 2.34. The molecule has 0 atom stereocenters. The van der Waals surface area contributed by atoms with Crippen LogP contribution in [-0.2, 0) is 4.74 Å². The van der Waals surface area contributed by atoms with E-state index in [2.05, 4.69) is 5.10 Å². The molecule has 1 fully saturated rings. The third-order valence-electron chi connectivity index (χ3n) is 3.81. The zero-order valence-corrected chi connectivity index (χ0v) is 17.3. The standard InChI is InChI=1S/C16H24N6O4.C2H6/c1-10-5-6-11(7-13(10)22(24)25)14(17)19-21(18)12-8-20(9-12)15(23)26-16(2,3)4;1-2/h5-7,12H,8-9,18H2,1-4H3,(H2,17,19);1-2H3. The molecule has 0 spiro atoms. The molecular formula is C18H30N6O4. The highest BCUT2D eigenvalue weighted by Gasteiger charge is 2.36. The Morgan fingerprint density at radius 2 is 1.93 bits per heavy atom. The number of amides is 1. The van der Waals surface area contributed by atoms with E-state index in [1.54, 1.807) is 39.8 Å². The Balaban J connectivity index is 0.00000190. The van der Waals surface area contributed by atoms with E-state index in [1.165, 1.54) is 16.1 Å². The fraction of sp³-hybridized carbons (Fsp3) is 0.556. The van der Waals surface area contributed by atoms with Gasteiger partial charge in [0.15, 0.2) is 5.84 Å². The Labute approximate surface area is 165 Å². The summed E-state index contributed by atoms with van der Waals surface area (Å²) in [5.74, 6) is 5.95. The van der Waals surface area contributed by atoms with Gasteiger partial charge in [-0.1, -0.05) is 26.0 Å². The van der Waals surface area contributed by atoms with Gasteiger partial charge in [-0.05, 0) is 27.7 Å². The highest BCUT2D eigenvalue weighted by Crippen LogP contribution is 2.20. The molecule has 0 radical (unpaired) electrons. The van der Waals surface area contributed by atoms with Gasteiger partial charge in [-0.2, -0.15) is 0 Å². The number of nitrogens with zero attached hydrogens (tertiary/aromatic N) is 4. The lowest BCUT2D eigenvalue weighted by Crippen LogP contribution is -2.62. The molecule has 0 aromatic heterocycles. The number of hydrazine groups is 1. The average molecular weight is 394 g/mol. The number of likely N-dealkylation sites (tertiary alicyclic amines) is 1. The summed E-state index contributed by atoms with van der Waals surface area (Å²) < 4.78 is 5.27. The molecule has 1 amide bonds. The van der Waals surface area contributed by atoms with Crippen LogP contribution in [0, 0.1) is 17.0 Å². The molecule has 1 aromatic carbocycles. The fourth-order valence-corrected chi connectivity index (χ4v) is 2.33. The maximum Gasteiger partial charge on any atom is 0.410 e. The van der Waals surface area contributed by atoms with E-state index < -0.39 is 16.6 Å². The lowest BCUT2D eigenvalue weighted by atomic mass is 10.1. The second-order valence-electron chi connectivity index (χ2n) is 7.16. The highest BCUT2D eigenvalue weighted by atomic mass is 16.6. The van der Waals surface area contributed by atoms with Gasteiger partial charge in [-0.3, -0.25) is 10.1 Å². The molecule has 156 valence electrons. The molecule has 10 nitrogen and oxygen atoms in total. The van der Waals surface area contributed by atoms with Crippen molar-refractivity contribution in [2.75, 3.05) is 13.1 Å². The number of aryl methyl sites for hydroxylation is 1. The van der Waals surface area contributed by atoms with Crippen molar-refractivity contribution >= 4 is 17.6 Å². The maximum atomic E-state index is 11.9. The summed E-state index contributed by atoms with van der Waals surface area (Å²) in [4.78, 5) is 24.0. The quantitative estimate of drug-likeness (QED) is 0.262. The fourth-order valence-electron chi connectivity index (χ4n) is 2.33. The van der Waals surface area contributed by atoms with E-state index in [9.17, 15) is 14.9 Å². The van der Waals surface area contributed by atoms with Crippen molar-refractivity contribution in [2.45, 2.75) is 53.2 Å². The lowest BCUT2D eigenvalue weighted by molar-refractivity contribution is -0.385. The van der Waals surface area contributed by atoms with Gasteiger partial charge in [0.1, 0.15) is 5.60 Å². The molecule has 1 aliphatic rings. The van der Waals surface area contributed by atoms with Crippen LogP contribution in [0.25, 0.3) is 0 Å². The van der Waals surface area contributed by atoms with Crippen LogP contribution >= 0.6 is 0 Å². The number of nitro benzene ring substituents is 1. The van der Waals surface area contributed by atoms with Crippen molar-refractivity contribution < 1.29 is 14.5 Å². The van der Waals surface area contributed by atoms with Crippen molar-refractivity contribution in [1.29, 1.82) is 0 Å². The zero-order chi connectivity index (χ0) is 21.6. The molecule has 0 saturated carbocycles. The minimum Gasteiger partial charge on any atom is -0.444 e. The lowest BCUT2D eigenvalue weighted by Gasteiger charge is -2.42. The van der Waals surface area contributed by atoms with E-state index in [-0.39, 0.29) is 17.6 Å². The summed E-state index contributed by atoms with van der Waals surface area (Å²) in [6, 6.07) is 4.39. The molecule has 1 aromatic rings. The Bertz CT molecular complexity index is 738. The number of nitrogens with two attached hydrogens (primary N) is 2. The summed E-state index contributed by atoms with van der Waals surface area (Å²) in [5.41, 5.74) is 6.24. The average Bonchev–Trinajstić information content (AvgIpc) is 2.53. The van der Waals surface area contributed by atoms with E-state index in [0.29, 0.717) is 24.2 Å². The summed E-state index contributed by atoms with van der Waals surface area (Å²) in [6.45, 7) is 11.7. The van der Waals surface area contributed by atoms with Crippen LogP contribution in [0.15, 0.2) is 23.3 Å². The van der Waals surface area contributed by atoms with Crippen molar-refractivity contribution in [3.05, 3.63) is 39.4 Å². The van der Waals surface area contributed by atoms with Gasteiger partial charge in [0.05, 0.1) is 11.0 Å². The van der Waals surface area contributed by atoms with Crippen LogP contribution in [-0.4, -0.2) is 51.6 Å². The van der Waals surface area contributed by atoms with Gasteiger partial charge in [-0.15, -0.1) is 5.10 Å². The van der Waals surface area contributed by atoms with E-state index in [0.717, 1.165) is 0 Å². The first kappa shape index (κ1) is 23.2. The van der Waals surface area contributed by atoms with Crippen molar-refractivity contribution in [3.8, 4) is 0 Å². The number of carbonyl (C=O) groups excluding carboxylic acids is 1. The first-order chi connectivity index (χ1) is 13.0. The Hall–Kier alpha value is -2.88. The molecular weight excluding hydrogens is 364 g/mol. The number of hydrogen-bond donors (Lipinski definition) is 2. The van der Waals surface area contributed by atoms with Gasteiger partial charge in [0.25, 0.3) is 5.69 Å². The van der Waals surface area contributed by atoms with Crippen LogP contribution in [0.5, 0.6) is 0 Å². The third kappa shape index (κ3) is 6.08. The van der Waals surface area contributed by atoms with Crippen LogP contribution in [0.1, 0.15) is 45.7 Å². The number of carbonyl (C=O) groups is 1. The number of hydrogen-bond acceptors (Lipinski definition) is 7. The minimum atomic E-state index is -0.562. The van der Waals surface area contributed by atoms with Gasteiger partial charge in [0.2, 0.25) is 0 Å². The third-order valence-corrected chi connectivity index (χ3v) is 3.81. The Morgan fingerprint density at radius 1 is 1.36 bits per heavy atom. The van der Waals surface area contributed by atoms with Crippen LogP contribution in [0.4, 0.5) is 10.5 Å². The first-order valence-electron chi connectivity index (χ1n) is 9.09. The largest absolute Gasteiger partial charge is 0.444 e. The second kappa shape index (κ2) is 9.36. The molecule has 0 bridgehead atoms. The van der Waals surface area contributed by atoms with E-state index in [4.69, 9.17) is 16.3 Å². The molecule has 10 heteroatoms. The summed E-state index contributed by atoms with van der Waals surface area (Å²) in [6.07, 6.45) is -0.409. The van der Waals surface area contributed by atoms with Crippen LogP contribution in [0.2, 0.25) is 0 Å². The second-order valence-corrected chi connectivity index (χ2v) is 7.16. The van der Waals surface area contributed by atoms with E-state index >= 15 is 0 Å². The SMILES string of the molecule is CC.Cc1ccc(/C(N)=N/N(N)C2CN(C(=O)OC(C)(C)C)C2)cc1[N+](=O)[O-]. The van der Waals surface area contributed by atoms with Gasteiger partial charge >= 0.3 is 6.09 Å². The normalized spacial score (nSPS) is 14.5. The Morgan fingerprint density at radius 3 is 2.43 bits per heavy atom. The number of benzene rings is 1. The smallest absolute Gasteiger partial charge is 0.410 e. The highest BCUT2D eigenvalue weighted by molar-refractivity contribution is 5.98. The molecule has 0 unspecified atom stereocenters. The Kier molecular flexibility index (Phi) is 7.74. The maximum absolute atomic E-state index is 11.9. The van der Waals surface area contributed by atoms with Crippen molar-refractivity contribution in [1.82, 2.24) is 10.0 Å². The van der Waals surface area contributed by atoms with Crippen molar-refractivity contribution in [2.24, 2.45) is 16.7 Å². The van der Waals surface area contributed by atoms with Crippen LogP contribution < -0.4 is 11.6 Å². The molecule has 28 heavy (non-hydrogen) atoms. The zero-order valence-electron chi connectivity index (χ0n) is 17.3. The van der Waals surface area contributed by atoms with E-state index in [1.807, 2.05) is 13.8 Å². The van der Waals surface area contributed by atoms with Crippen molar-refractivity contribution in [3.63, 3.8) is 0 Å². The number of hydrazone groups is 1. The number of nitro groups is 1. The molecule has 1 saturated heterocycles. The number of rotatable bonds is 4. The predicted molar refractivity (Wildman–Crippen MR) is 108 cm³/mol. The number of ether oxygens (including phenoxy) is 1. The summed E-state index contributed by atoms with van der Waals surface area (Å²) >= 11 is 0.